The van der Waals surface area contributed by atoms with Crippen LogP contribution in [0, 0.1) is 0 Å². The Bertz CT molecular complexity index is 738. The van der Waals surface area contributed by atoms with E-state index in [1.807, 2.05) is 18.2 Å². The van der Waals surface area contributed by atoms with Crippen LogP contribution in [0.4, 0.5) is 0 Å². The highest BCUT2D eigenvalue weighted by atomic mass is 32.2. The Morgan fingerprint density at radius 2 is 2.08 bits per heavy atom. The van der Waals surface area contributed by atoms with Gasteiger partial charge in [0, 0.05) is 13.6 Å². The monoisotopic (exact) mass is 370 g/mol. The summed E-state index contributed by atoms with van der Waals surface area (Å²) in [5.74, 6) is 0.823. The Kier molecular flexibility index (Phi) is 5.16. The van der Waals surface area contributed by atoms with E-state index in [1.165, 1.54) is 18.5 Å². The molecule has 1 saturated heterocycles. The van der Waals surface area contributed by atoms with Crippen LogP contribution in [-0.2, 0) is 19.6 Å². The van der Waals surface area contributed by atoms with Gasteiger partial charge in [-0.25, -0.2) is 12.7 Å². The molecule has 8 nitrogen and oxygen atoms in total. The summed E-state index contributed by atoms with van der Waals surface area (Å²) in [7, 11) is -0.756. The van der Waals surface area contributed by atoms with Gasteiger partial charge in [0.05, 0.1) is 18.9 Å². The van der Waals surface area contributed by atoms with Gasteiger partial charge in [0.1, 0.15) is 18.8 Å². The molecule has 0 aliphatic carbocycles. The van der Waals surface area contributed by atoms with Crippen LogP contribution in [0.5, 0.6) is 11.5 Å². The molecule has 0 spiro atoms. The van der Waals surface area contributed by atoms with E-state index >= 15 is 0 Å². The second-order valence-corrected chi connectivity index (χ2v) is 8.48. The van der Waals surface area contributed by atoms with Crippen LogP contribution in [-0.4, -0.2) is 69.9 Å². The smallest absolute Gasteiger partial charge is 0.322 e. The van der Waals surface area contributed by atoms with Gasteiger partial charge >= 0.3 is 5.97 Å². The highest BCUT2D eigenvalue weighted by Gasteiger charge is 2.40. The second kappa shape index (κ2) is 7.19. The average Bonchev–Trinajstić information content (AvgIpc) is 3.12. The lowest BCUT2D eigenvalue weighted by Gasteiger charge is -2.30. The van der Waals surface area contributed by atoms with Crippen LogP contribution < -0.4 is 14.8 Å². The molecule has 1 aromatic rings. The summed E-state index contributed by atoms with van der Waals surface area (Å²) in [6.45, 7) is 0.679. The maximum Gasteiger partial charge on any atom is 0.322 e. The maximum atomic E-state index is 12.7. The Balaban J connectivity index is 1.61. The second-order valence-electron chi connectivity index (χ2n) is 6.16. The molecule has 1 aromatic carbocycles. The third-order valence-electron chi connectivity index (χ3n) is 4.46. The van der Waals surface area contributed by atoms with E-state index in [0.29, 0.717) is 11.5 Å². The number of esters is 1. The number of fused-ring (bicyclic) bond motifs is 1. The van der Waals surface area contributed by atoms with Crippen molar-refractivity contribution in [1.29, 1.82) is 0 Å². The number of sulfonamides is 1. The number of nitrogens with zero attached hydrogens (tertiary/aromatic N) is 1. The van der Waals surface area contributed by atoms with Gasteiger partial charge in [0.25, 0.3) is 0 Å². The molecule has 9 heteroatoms. The molecule has 2 aliphatic heterocycles. The Morgan fingerprint density at radius 3 is 2.80 bits per heavy atom. The van der Waals surface area contributed by atoms with E-state index in [0.717, 1.165) is 0 Å². The summed E-state index contributed by atoms with van der Waals surface area (Å²) in [6.07, 6.45) is -0.190. The van der Waals surface area contributed by atoms with Gasteiger partial charge in [-0.2, -0.15) is 0 Å². The van der Waals surface area contributed by atoms with Crippen LogP contribution >= 0.6 is 0 Å². The fourth-order valence-corrected chi connectivity index (χ4v) is 4.68. The number of likely N-dealkylation sites (N-methyl/N-ethyl adjacent to an activating group) is 1. The van der Waals surface area contributed by atoms with Gasteiger partial charge in [-0.3, -0.25) is 4.79 Å². The minimum absolute atomic E-state index is 0.177. The molecular weight excluding hydrogens is 348 g/mol. The first-order valence-electron chi connectivity index (χ1n) is 8.06. The predicted octanol–water partition coefficient (Wildman–Crippen LogP) is -0.00850. The molecule has 1 fully saturated rings. The highest BCUT2D eigenvalue weighted by Crippen LogP contribution is 2.31. The summed E-state index contributed by atoms with van der Waals surface area (Å²) >= 11 is 0. The normalized spacial score (nSPS) is 25.8. The Hall–Kier alpha value is -1.84. The van der Waals surface area contributed by atoms with Crippen molar-refractivity contribution in [2.24, 2.45) is 0 Å². The van der Waals surface area contributed by atoms with Crippen molar-refractivity contribution in [2.45, 2.75) is 23.8 Å². The first-order chi connectivity index (χ1) is 11.9. The third kappa shape index (κ3) is 3.73. The van der Waals surface area contributed by atoms with Crippen LogP contribution in [0.3, 0.4) is 0 Å². The lowest BCUT2D eigenvalue weighted by Crippen LogP contribution is -2.45. The zero-order valence-corrected chi connectivity index (χ0v) is 15.0. The van der Waals surface area contributed by atoms with Crippen LogP contribution in [0.2, 0.25) is 0 Å². The number of hydrogen-bond donors (Lipinski definition) is 1. The Labute approximate surface area is 147 Å². The molecule has 25 heavy (non-hydrogen) atoms. The number of rotatable bonds is 5. The van der Waals surface area contributed by atoms with E-state index in [1.54, 1.807) is 6.07 Å². The predicted molar refractivity (Wildman–Crippen MR) is 90.1 cm³/mol. The minimum atomic E-state index is -3.56. The molecule has 2 heterocycles. The molecule has 0 aromatic heterocycles. The van der Waals surface area contributed by atoms with Crippen molar-refractivity contribution < 1.29 is 27.4 Å². The third-order valence-corrected chi connectivity index (χ3v) is 6.68. The molecule has 1 N–H and O–H groups in total. The fourth-order valence-electron chi connectivity index (χ4n) is 3.05. The van der Waals surface area contributed by atoms with Crippen molar-refractivity contribution in [3.8, 4) is 11.5 Å². The number of carbonyl (C=O) groups excluding carboxylic acids is 1. The standard InChI is InChI=1S/C16H22N2O6S/c1-18(9-11-10-23-14-5-3-4-6-15(14)24-11)25(20,21)12-7-13(17-8-12)16(19)22-2/h3-6,11-13,17H,7-10H2,1-2H3. The van der Waals surface area contributed by atoms with Crippen LogP contribution in [0.25, 0.3) is 0 Å². The number of benzene rings is 1. The Morgan fingerprint density at radius 1 is 1.36 bits per heavy atom. The number of hydrogen-bond acceptors (Lipinski definition) is 7. The largest absolute Gasteiger partial charge is 0.486 e. The first-order valence-corrected chi connectivity index (χ1v) is 9.57. The van der Waals surface area contributed by atoms with Crippen LogP contribution in [0.15, 0.2) is 24.3 Å². The average molecular weight is 370 g/mol. The van der Waals surface area contributed by atoms with Gasteiger partial charge < -0.3 is 19.5 Å². The molecule has 138 valence electrons. The zero-order chi connectivity index (χ0) is 18.0. The molecule has 3 rings (SSSR count). The fraction of sp³-hybridized carbons (Fsp3) is 0.562. The number of ether oxygens (including phenoxy) is 3. The summed E-state index contributed by atoms with van der Waals surface area (Å²) in [6, 6.07) is 6.70. The summed E-state index contributed by atoms with van der Waals surface area (Å²) < 4.78 is 42.9. The molecule has 0 bridgehead atoms. The molecule has 0 saturated carbocycles. The lowest BCUT2D eigenvalue weighted by atomic mass is 10.2. The molecule has 3 unspecified atom stereocenters. The SMILES string of the molecule is COC(=O)C1CC(S(=O)(=O)N(C)CC2COc3ccccc3O2)CN1. The van der Waals surface area contributed by atoms with E-state index < -0.39 is 27.3 Å². The van der Waals surface area contributed by atoms with E-state index in [9.17, 15) is 13.2 Å². The van der Waals surface area contributed by atoms with Gasteiger partial charge in [-0.05, 0) is 18.6 Å². The topological polar surface area (TPSA) is 94.2 Å². The summed E-state index contributed by atoms with van der Waals surface area (Å²) in [5, 5.41) is 2.23. The first kappa shape index (κ1) is 18.0. The molecule has 2 aliphatic rings. The summed E-state index contributed by atoms with van der Waals surface area (Å²) in [4.78, 5) is 11.6. The van der Waals surface area contributed by atoms with Gasteiger partial charge in [-0.1, -0.05) is 12.1 Å². The van der Waals surface area contributed by atoms with E-state index in [-0.39, 0.29) is 32.2 Å². The number of para-hydroxylation sites is 2. The summed E-state index contributed by atoms with van der Waals surface area (Å²) in [5.41, 5.74) is 0. The number of carbonyl (C=O) groups is 1. The number of nitrogens with one attached hydrogen (secondary N) is 1. The van der Waals surface area contributed by atoms with Crippen molar-refractivity contribution in [2.75, 3.05) is 33.9 Å². The van der Waals surface area contributed by atoms with Gasteiger partial charge in [-0.15, -0.1) is 0 Å². The van der Waals surface area contributed by atoms with Crippen molar-refractivity contribution in [3.05, 3.63) is 24.3 Å². The highest BCUT2D eigenvalue weighted by molar-refractivity contribution is 7.89. The van der Waals surface area contributed by atoms with Crippen molar-refractivity contribution in [1.82, 2.24) is 9.62 Å². The lowest BCUT2D eigenvalue weighted by molar-refractivity contribution is -0.142. The van der Waals surface area contributed by atoms with E-state index in [4.69, 9.17) is 9.47 Å². The minimum Gasteiger partial charge on any atom is -0.486 e. The zero-order valence-electron chi connectivity index (χ0n) is 14.2. The molecular formula is C16H22N2O6S. The van der Waals surface area contributed by atoms with Crippen molar-refractivity contribution in [3.63, 3.8) is 0 Å². The molecule has 0 radical (unpaired) electrons. The molecule has 0 amide bonds. The van der Waals surface area contributed by atoms with E-state index in [2.05, 4.69) is 10.1 Å². The van der Waals surface area contributed by atoms with Crippen LogP contribution in [0.1, 0.15) is 6.42 Å². The van der Waals surface area contributed by atoms with Crippen molar-refractivity contribution >= 4 is 16.0 Å². The maximum absolute atomic E-state index is 12.7. The molecule has 3 atom stereocenters. The number of methoxy groups -OCH3 is 1. The van der Waals surface area contributed by atoms with Gasteiger partial charge in [0.2, 0.25) is 10.0 Å². The quantitative estimate of drug-likeness (QED) is 0.729. The van der Waals surface area contributed by atoms with Gasteiger partial charge in [0.15, 0.2) is 11.5 Å².